The van der Waals surface area contributed by atoms with E-state index in [-0.39, 0.29) is 0 Å². The van der Waals surface area contributed by atoms with E-state index in [4.69, 9.17) is 0 Å². The molecule has 0 aliphatic heterocycles. The molecule has 1 unspecified atom stereocenters. The molecule has 2 aromatic carbocycles. The summed E-state index contributed by atoms with van der Waals surface area (Å²) >= 11 is 0. The fourth-order valence-corrected chi connectivity index (χ4v) is 1.82. The monoisotopic (exact) mass is 240 g/mol. The summed E-state index contributed by atoms with van der Waals surface area (Å²) in [6.07, 6.45) is 0. The lowest BCUT2D eigenvalue weighted by Crippen LogP contribution is -2.21. The zero-order valence-corrected chi connectivity index (χ0v) is 9.61. The van der Waals surface area contributed by atoms with Crippen molar-refractivity contribution in [2.75, 3.05) is 0 Å². The molecule has 0 fully saturated rings. The fourth-order valence-electron chi connectivity index (χ4n) is 1.82. The van der Waals surface area contributed by atoms with E-state index < -0.39 is 17.7 Å². The van der Waals surface area contributed by atoms with Crippen LogP contribution >= 0.6 is 0 Å². The predicted octanol–water partition coefficient (Wildman–Crippen LogP) is 2.74. The summed E-state index contributed by atoms with van der Waals surface area (Å²) in [6.45, 7) is 0. The molecule has 0 bridgehead atoms. The van der Waals surface area contributed by atoms with Crippen molar-refractivity contribution in [3.05, 3.63) is 71.8 Å². The summed E-state index contributed by atoms with van der Waals surface area (Å²) in [5, 5.41) is 9.24. The van der Waals surface area contributed by atoms with Gasteiger partial charge in [0.2, 0.25) is 0 Å². The zero-order chi connectivity index (χ0) is 13.0. The van der Waals surface area contributed by atoms with Crippen molar-refractivity contribution >= 4 is 11.8 Å². The maximum Gasteiger partial charge on any atom is 0.318 e. The maximum atomic E-state index is 12.2. The van der Waals surface area contributed by atoms with Crippen LogP contribution in [0.25, 0.3) is 0 Å². The molecule has 2 rings (SSSR count). The lowest BCUT2D eigenvalue weighted by molar-refractivity contribution is -0.137. The average Bonchev–Trinajstić information content (AvgIpc) is 2.40. The van der Waals surface area contributed by atoms with E-state index in [0.717, 1.165) is 0 Å². The van der Waals surface area contributed by atoms with Gasteiger partial charge in [-0.05, 0) is 5.56 Å². The largest absolute Gasteiger partial charge is 0.480 e. The van der Waals surface area contributed by atoms with Gasteiger partial charge in [0.1, 0.15) is 5.92 Å². The molecule has 0 heterocycles. The highest BCUT2D eigenvalue weighted by Gasteiger charge is 2.28. The summed E-state index contributed by atoms with van der Waals surface area (Å²) in [5.74, 6) is -2.67. The van der Waals surface area contributed by atoms with Gasteiger partial charge in [0.15, 0.2) is 5.78 Å². The van der Waals surface area contributed by atoms with Gasteiger partial charge in [0.25, 0.3) is 0 Å². The minimum absolute atomic E-state index is 0.394. The number of carboxylic acids is 1. The quantitative estimate of drug-likeness (QED) is 0.660. The van der Waals surface area contributed by atoms with Gasteiger partial charge in [-0.1, -0.05) is 60.7 Å². The number of benzene rings is 2. The Bertz CT molecular complexity index is 546. The maximum absolute atomic E-state index is 12.2. The van der Waals surface area contributed by atoms with E-state index in [1.54, 1.807) is 60.7 Å². The Morgan fingerprint density at radius 1 is 0.833 bits per heavy atom. The molecule has 1 N–H and O–H groups in total. The van der Waals surface area contributed by atoms with Crippen LogP contribution in [0.15, 0.2) is 60.7 Å². The zero-order valence-electron chi connectivity index (χ0n) is 9.61. The van der Waals surface area contributed by atoms with Gasteiger partial charge in [-0.2, -0.15) is 0 Å². The molecule has 0 aliphatic carbocycles. The first-order valence-electron chi connectivity index (χ1n) is 5.57. The number of hydrogen-bond donors (Lipinski definition) is 1. The molecule has 0 amide bonds. The van der Waals surface area contributed by atoms with Gasteiger partial charge in [0, 0.05) is 5.56 Å². The molecule has 3 nitrogen and oxygen atoms in total. The second-order valence-electron chi connectivity index (χ2n) is 3.91. The third kappa shape index (κ3) is 2.46. The average molecular weight is 240 g/mol. The second-order valence-corrected chi connectivity index (χ2v) is 3.91. The summed E-state index contributed by atoms with van der Waals surface area (Å²) < 4.78 is 0. The van der Waals surface area contributed by atoms with Crippen LogP contribution in [-0.4, -0.2) is 16.9 Å². The van der Waals surface area contributed by atoms with Gasteiger partial charge in [-0.3, -0.25) is 9.59 Å². The van der Waals surface area contributed by atoms with Crippen LogP contribution in [-0.2, 0) is 4.79 Å². The standard InChI is InChI=1S/C15H12O3/c16-14(12-9-5-2-6-10-12)13(15(17)18)11-7-3-1-4-8-11/h1-10,13H,(H,17,18). The number of aliphatic carboxylic acids is 1. The first-order chi connectivity index (χ1) is 8.70. The van der Waals surface area contributed by atoms with E-state index in [1.807, 2.05) is 0 Å². The third-order valence-corrected chi connectivity index (χ3v) is 2.70. The van der Waals surface area contributed by atoms with Crippen molar-refractivity contribution in [2.45, 2.75) is 5.92 Å². The normalized spacial score (nSPS) is 11.8. The first-order valence-corrected chi connectivity index (χ1v) is 5.57. The molecular formula is C15H12O3. The van der Waals surface area contributed by atoms with Crippen molar-refractivity contribution < 1.29 is 14.7 Å². The van der Waals surface area contributed by atoms with Crippen molar-refractivity contribution in [3.8, 4) is 0 Å². The van der Waals surface area contributed by atoms with Crippen LogP contribution < -0.4 is 0 Å². The van der Waals surface area contributed by atoms with E-state index >= 15 is 0 Å². The van der Waals surface area contributed by atoms with Gasteiger partial charge in [0.05, 0.1) is 0 Å². The Labute approximate surface area is 105 Å². The Morgan fingerprint density at radius 3 is 1.83 bits per heavy atom. The highest BCUT2D eigenvalue weighted by Crippen LogP contribution is 2.21. The molecule has 0 saturated heterocycles. The molecule has 0 spiro atoms. The van der Waals surface area contributed by atoms with Crippen LogP contribution in [0.3, 0.4) is 0 Å². The molecule has 0 saturated carbocycles. The molecule has 0 aliphatic rings. The number of carbonyl (C=O) groups excluding carboxylic acids is 1. The predicted molar refractivity (Wildman–Crippen MR) is 67.6 cm³/mol. The molecule has 2 aromatic rings. The fraction of sp³-hybridized carbons (Fsp3) is 0.0667. The number of carboxylic acid groups (broad SMARTS) is 1. The van der Waals surface area contributed by atoms with Crippen LogP contribution in [0.1, 0.15) is 21.8 Å². The second kappa shape index (κ2) is 5.27. The summed E-state index contributed by atoms with van der Waals surface area (Å²) in [7, 11) is 0. The molecule has 90 valence electrons. The smallest absolute Gasteiger partial charge is 0.318 e. The van der Waals surface area contributed by atoms with Crippen LogP contribution in [0, 0.1) is 0 Å². The number of carbonyl (C=O) groups is 2. The Balaban J connectivity index is 2.39. The summed E-state index contributed by atoms with van der Waals surface area (Å²) in [5.41, 5.74) is 0.910. The molecule has 0 radical (unpaired) electrons. The number of rotatable bonds is 4. The summed E-state index contributed by atoms with van der Waals surface area (Å²) in [4.78, 5) is 23.5. The highest BCUT2D eigenvalue weighted by molar-refractivity contribution is 6.12. The first kappa shape index (κ1) is 12.0. The Kier molecular flexibility index (Phi) is 3.53. The minimum atomic E-state index is -1.14. The molecule has 1 atom stereocenters. The number of Topliss-reactive ketones (excluding diaryl/α,β-unsaturated/α-hetero) is 1. The lowest BCUT2D eigenvalue weighted by Gasteiger charge is -2.11. The van der Waals surface area contributed by atoms with Crippen molar-refractivity contribution in [1.29, 1.82) is 0 Å². The molecule has 0 aromatic heterocycles. The van der Waals surface area contributed by atoms with Gasteiger partial charge < -0.3 is 5.11 Å². The van der Waals surface area contributed by atoms with E-state index in [9.17, 15) is 14.7 Å². The Morgan fingerprint density at radius 2 is 1.33 bits per heavy atom. The number of hydrogen-bond acceptors (Lipinski definition) is 2. The molecule has 18 heavy (non-hydrogen) atoms. The van der Waals surface area contributed by atoms with Gasteiger partial charge in [-0.15, -0.1) is 0 Å². The van der Waals surface area contributed by atoms with Crippen molar-refractivity contribution in [3.63, 3.8) is 0 Å². The third-order valence-electron chi connectivity index (χ3n) is 2.70. The van der Waals surface area contributed by atoms with Gasteiger partial charge in [-0.25, -0.2) is 0 Å². The van der Waals surface area contributed by atoms with Crippen LogP contribution in [0.5, 0.6) is 0 Å². The van der Waals surface area contributed by atoms with E-state index in [0.29, 0.717) is 11.1 Å². The van der Waals surface area contributed by atoms with Crippen molar-refractivity contribution in [1.82, 2.24) is 0 Å². The van der Waals surface area contributed by atoms with Gasteiger partial charge >= 0.3 is 5.97 Å². The minimum Gasteiger partial charge on any atom is -0.480 e. The summed E-state index contributed by atoms with van der Waals surface area (Å²) in [6, 6.07) is 17.0. The topological polar surface area (TPSA) is 54.4 Å². The van der Waals surface area contributed by atoms with E-state index in [1.165, 1.54) is 0 Å². The van der Waals surface area contributed by atoms with Crippen molar-refractivity contribution in [2.24, 2.45) is 0 Å². The van der Waals surface area contributed by atoms with Crippen LogP contribution in [0.2, 0.25) is 0 Å². The van der Waals surface area contributed by atoms with Crippen LogP contribution in [0.4, 0.5) is 0 Å². The Hall–Kier alpha value is -2.42. The molecule has 3 heteroatoms. The lowest BCUT2D eigenvalue weighted by atomic mass is 9.91. The SMILES string of the molecule is O=C(O)C(C(=O)c1ccccc1)c1ccccc1. The number of ketones is 1. The highest BCUT2D eigenvalue weighted by atomic mass is 16.4. The van der Waals surface area contributed by atoms with E-state index in [2.05, 4.69) is 0 Å². The molecular weight excluding hydrogens is 228 g/mol.